The molecule has 1 saturated carbocycles. The molecule has 1 heterocycles. The summed E-state index contributed by atoms with van der Waals surface area (Å²) in [5, 5.41) is 10.9. The van der Waals surface area contributed by atoms with Gasteiger partial charge in [-0.25, -0.2) is 0 Å². The third kappa shape index (κ3) is 4.11. The summed E-state index contributed by atoms with van der Waals surface area (Å²) in [4.78, 5) is 2.48. The van der Waals surface area contributed by atoms with Crippen molar-refractivity contribution in [3.63, 3.8) is 0 Å². The zero-order valence-corrected chi connectivity index (χ0v) is 15.0. The first kappa shape index (κ1) is 17.7. The molecule has 1 saturated heterocycles. The molecular formula is C20H31NO3. The van der Waals surface area contributed by atoms with Crippen molar-refractivity contribution in [3.05, 3.63) is 29.8 Å². The number of methoxy groups -OCH3 is 1. The van der Waals surface area contributed by atoms with E-state index in [0.717, 1.165) is 50.3 Å². The largest absolute Gasteiger partial charge is 0.487 e. The quantitative estimate of drug-likeness (QED) is 0.899. The topological polar surface area (TPSA) is 41.9 Å². The van der Waals surface area contributed by atoms with E-state index in [9.17, 15) is 5.11 Å². The average Bonchev–Trinajstić information content (AvgIpc) is 2.60. The smallest absolute Gasteiger partial charge is 0.126 e. The summed E-state index contributed by atoms with van der Waals surface area (Å²) in [6, 6.07) is 8.31. The van der Waals surface area contributed by atoms with Crippen molar-refractivity contribution in [2.75, 3.05) is 26.8 Å². The number of piperidine rings is 1. The molecule has 134 valence electrons. The predicted molar refractivity (Wildman–Crippen MR) is 95.4 cm³/mol. The van der Waals surface area contributed by atoms with E-state index in [0.29, 0.717) is 5.92 Å². The minimum Gasteiger partial charge on any atom is -0.487 e. The van der Waals surface area contributed by atoms with Gasteiger partial charge in [-0.05, 0) is 69.7 Å². The molecular weight excluding hydrogens is 302 g/mol. The standard InChI is InChI=1S/C20H31NO3/c1-15-6-3-4-8-18(15)24-19-9-5-7-17(20(19)22)21-12-10-16(11-13-21)14-23-2/h3-4,6,8,16-17,19-20,22H,5,7,9-14H2,1-2H3/t17-,19+,20+/m0/s1. The maximum absolute atomic E-state index is 10.9. The van der Waals surface area contributed by atoms with Crippen LogP contribution in [0.4, 0.5) is 0 Å². The average molecular weight is 333 g/mol. The van der Waals surface area contributed by atoms with Crippen LogP contribution in [0.15, 0.2) is 24.3 Å². The number of hydrogen-bond donors (Lipinski definition) is 1. The van der Waals surface area contributed by atoms with Crippen LogP contribution in [0.1, 0.15) is 37.7 Å². The molecule has 0 spiro atoms. The first-order valence-electron chi connectivity index (χ1n) is 9.32. The minimum atomic E-state index is -0.405. The van der Waals surface area contributed by atoms with Gasteiger partial charge in [-0.15, -0.1) is 0 Å². The lowest BCUT2D eigenvalue weighted by molar-refractivity contribution is -0.0628. The van der Waals surface area contributed by atoms with Gasteiger partial charge < -0.3 is 14.6 Å². The van der Waals surface area contributed by atoms with Gasteiger partial charge >= 0.3 is 0 Å². The molecule has 0 aromatic heterocycles. The van der Waals surface area contributed by atoms with Crippen LogP contribution < -0.4 is 4.74 Å². The van der Waals surface area contributed by atoms with Gasteiger partial charge in [0.2, 0.25) is 0 Å². The first-order chi connectivity index (χ1) is 11.7. The molecule has 3 atom stereocenters. The van der Waals surface area contributed by atoms with Gasteiger partial charge in [0.1, 0.15) is 18.0 Å². The van der Waals surface area contributed by atoms with Crippen molar-refractivity contribution in [3.8, 4) is 5.75 Å². The number of para-hydroxylation sites is 1. The number of aliphatic hydroxyl groups is 1. The van der Waals surface area contributed by atoms with Crippen molar-refractivity contribution in [2.45, 2.75) is 57.3 Å². The normalized spacial score (nSPS) is 29.5. The number of aryl methyl sites for hydroxylation is 1. The minimum absolute atomic E-state index is 0.0958. The highest BCUT2D eigenvalue weighted by Gasteiger charge is 2.38. The third-order valence-corrected chi connectivity index (χ3v) is 5.66. The number of likely N-dealkylation sites (tertiary alicyclic amines) is 1. The van der Waals surface area contributed by atoms with Crippen molar-refractivity contribution < 1.29 is 14.6 Å². The highest BCUT2D eigenvalue weighted by molar-refractivity contribution is 5.32. The van der Waals surface area contributed by atoms with Gasteiger partial charge in [0.25, 0.3) is 0 Å². The molecule has 4 nitrogen and oxygen atoms in total. The van der Waals surface area contributed by atoms with E-state index in [1.54, 1.807) is 7.11 Å². The fourth-order valence-corrected chi connectivity index (χ4v) is 4.18. The number of hydrogen-bond acceptors (Lipinski definition) is 4. The second-order valence-electron chi connectivity index (χ2n) is 7.35. The molecule has 24 heavy (non-hydrogen) atoms. The zero-order chi connectivity index (χ0) is 16.9. The summed E-state index contributed by atoms with van der Waals surface area (Å²) in [5.41, 5.74) is 1.13. The molecule has 0 radical (unpaired) electrons. The van der Waals surface area contributed by atoms with E-state index in [1.165, 1.54) is 12.8 Å². The Kier molecular flexibility index (Phi) is 6.14. The van der Waals surface area contributed by atoms with Gasteiger partial charge in [0.05, 0.1) is 0 Å². The second kappa shape index (κ2) is 8.32. The van der Waals surface area contributed by atoms with E-state index < -0.39 is 6.10 Å². The fourth-order valence-electron chi connectivity index (χ4n) is 4.18. The maximum atomic E-state index is 10.9. The molecule has 4 heteroatoms. The SMILES string of the molecule is COCC1CCN([C@H]2CCC[C@@H](Oc3ccccc3C)[C@@H]2O)CC1. The van der Waals surface area contributed by atoms with Gasteiger partial charge in [0, 0.05) is 19.8 Å². The number of ether oxygens (including phenoxy) is 2. The van der Waals surface area contributed by atoms with E-state index in [-0.39, 0.29) is 12.1 Å². The predicted octanol–water partition coefficient (Wildman–Crippen LogP) is 3.01. The molecule has 1 aliphatic carbocycles. The molecule has 3 rings (SSSR count). The van der Waals surface area contributed by atoms with Gasteiger partial charge in [-0.3, -0.25) is 4.90 Å². The van der Waals surface area contributed by atoms with Crippen LogP contribution in [0.3, 0.4) is 0 Å². The van der Waals surface area contributed by atoms with Crippen LogP contribution in [0.5, 0.6) is 5.75 Å². The monoisotopic (exact) mass is 333 g/mol. The van der Waals surface area contributed by atoms with Crippen LogP contribution in [0.25, 0.3) is 0 Å². The fraction of sp³-hybridized carbons (Fsp3) is 0.700. The van der Waals surface area contributed by atoms with Crippen molar-refractivity contribution in [1.29, 1.82) is 0 Å². The summed E-state index contributed by atoms with van der Waals surface area (Å²) < 4.78 is 11.5. The molecule has 1 aliphatic heterocycles. The Morgan fingerprint density at radius 2 is 1.88 bits per heavy atom. The van der Waals surface area contributed by atoms with E-state index in [2.05, 4.69) is 17.9 Å². The van der Waals surface area contributed by atoms with E-state index in [4.69, 9.17) is 9.47 Å². The Hall–Kier alpha value is -1.10. The highest BCUT2D eigenvalue weighted by Crippen LogP contribution is 2.31. The van der Waals surface area contributed by atoms with Crippen LogP contribution in [-0.2, 0) is 4.74 Å². The van der Waals surface area contributed by atoms with Crippen LogP contribution in [0.2, 0.25) is 0 Å². The number of benzene rings is 1. The summed E-state index contributed by atoms with van der Waals surface area (Å²) >= 11 is 0. The van der Waals surface area contributed by atoms with Crippen molar-refractivity contribution >= 4 is 0 Å². The van der Waals surface area contributed by atoms with Gasteiger partial charge in [0.15, 0.2) is 0 Å². The lowest BCUT2D eigenvalue weighted by Crippen LogP contribution is -2.54. The van der Waals surface area contributed by atoms with Crippen LogP contribution >= 0.6 is 0 Å². The summed E-state index contributed by atoms with van der Waals surface area (Å²) in [6.45, 7) is 5.04. The molecule has 1 aromatic rings. The molecule has 1 aromatic carbocycles. The molecule has 0 unspecified atom stereocenters. The van der Waals surface area contributed by atoms with Crippen LogP contribution in [-0.4, -0.2) is 55.1 Å². The Bertz CT molecular complexity index is 513. The summed E-state index contributed by atoms with van der Waals surface area (Å²) in [5.74, 6) is 1.58. The molecule has 0 amide bonds. The van der Waals surface area contributed by atoms with Crippen molar-refractivity contribution in [2.24, 2.45) is 5.92 Å². The lowest BCUT2D eigenvalue weighted by Gasteiger charge is -2.44. The summed E-state index contributed by atoms with van der Waals surface area (Å²) in [7, 11) is 1.78. The number of nitrogens with zero attached hydrogens (tertiary/aromatic N) is 1. The lowest BCUT2D eigenvalue weighted by atomic mass is 9.86. The Balaban J connectivity index is 1.59. The number of rotatable bonds is 5. The van der Waals surface area contributed by atoms with Crippen LogP contribution in [0, 0.1) is 12.8 Å². The Labute approximate surface area is 145 Å². The first-order valence-corrected chi connectivity index (χ1v) is 9.32. The Morgan fingerprint density at radius 1 is 1.12 bits per heavy atom. The third-order valence-electron chi connectivity index (χ3n) is 5.66. The second-order valence-corrected chi connectivity index (χ2v) is 7.35. The Morgan fingerprint density at radius 3 is 2.58 bits per heavy atom. The van der Waals surface area contributed by atoms with E-state index >= 15 is 0 Å². The zero-order valence-electron chi connectivity index (χ0n) is 15.0. The molecule has 1 N–H and O–H groups in total. The summed E-state index contributed by atoms with van der Waals surface area (Å²) in [6.07, 6.45) is 4.96. The maximum Gasteiger partial charge on any atom is 0.126 e. The van der Waals surface area contributed by atoms with E-state index in [1.807, 2.05) is 18.2 Å². The van der Waals surface area contributed by atoms with Gasteiger partial charge in [-0.1, -0.05) is 18.2 Å². The highest BCUT2D eigenvalue weighted by atomic mass is 16.5. The molecule has 0 bridgehead atoms. The van der Waals surface area contributed by atoms with Gasteiger partial charge in [-0.2, -0.15) is 0 Å². The molecule has 2 aliphatic rings. The van der Waals surface area contributed by atoms with Crippen molar-refractivity contribution in [1.82, 2.24) is 4.90 Å². The molecule has 2 fully saturated rings. The number of aliphatic hydroxyl groups excluding tert-OH is 1.